The zero-order valence-electron chi connectivity index (χ0n) is 17.6. The largest absolute Gasteiger partial charge is 0.326 e. The van der Waals surface area contributed by atoms with Crippen LogP contribution in [-0.2, 0) is 17.6 Å². The lowest BCUT2D eigenvalue weighted by atomic mass is 10.1. The fourth-order valence-electron chi connectivity index (χ4n) is 3.42. The highest BCUT2D eigenvalue weighted by molar-refractivity contribution is 7.12. The van der Waals surface area contributed by atoms with Crippen LogP contribution in [0, 0.1) is 13.8 Å². The number of anilines is 1. The average Bonchev–Trinajstić information content (AvgIpc) is 3.35. The minimum absolute atomic E-state index is 0.0593. The number of aryl methyl sites for hydroxylation is 2. The van der Waals surface area contributed by atoms with Gasteiger partial charge in [-0.3, -0.25) is 4.79 Å². The van der Waals surface area contributed by atoms with Crippen LogP contribution in [0.3, 0.4) is 0 Å². The Hall–Kier alpha value is -2.96. The number of rotatable bonds is 6. The van der Waals surface area contributed by atoms with Gasteiger partial charge in [-0.05, 0) is 50.1 Å². The molecule has 0 atom stereocenters. The van der Waals surface area contributed by atoms with Gasteiger partial charge in [0.25, 0.3) is 0 Å². The zero-order valence-corrected chi connectivity index (χ0v) is 19.2. The fraction of sp³-hybridized carbons (Fsp3) is 0.208. The van der Waals surface area contributed by atoms with Crippen LogP contribution in [0.15, 0.2) is 53.9 Å². The molecule has 7 heteroatoms. The minimum Gasteiger partial charge on any atom is -0.326 e. The second-order valence-electron chi connectivity index (χ2n) is 7.36. The van der Waals surface area contributed by atoms with Crippen LogP contribution in [0.2, 0.25) is 5.02 Å². The Morgan fingerprint density at radius 1 is 1.10 bits per heavy atom. The number of nitrogens with one attached hydrogen (secondary N) is 1. The normalized spacial score (nSPS) is 11.0. The molecule has 0 aliphatic carbocycles. The number of aromatic nitrogens is 3. The molecular formula is C24H23ClN4OS. The Kier molecular flexibility index (Phi) is 6.20. The summed E-state index contributed by atoms with van der Waals surface area (Å²) in [5, 5.41) is 11.1. The van der Waals surface area contributed by atoms with Crippen molar-refractivity contribution < 1.29 is 4.79 Å². The molecule has 0 saturated heterocycles. The van der Waals surface area contributed by atoms with E-state index in [2.05, 4.69) is 17.3 Å². The molecule has 0 saturated carbocycles. The molecule has 31 heavy (non-hydrogen) atoms. The minimum atomic E-state index is -0.0593. The van der Waals surface area contributed by atoms with Crippen LogP contribution in [0.4, 0.5) is 5.69 Å². The Morgan fingerprint density at radius 3 is 2.48 bits per heavy atom. The Bertz CT molecular complexity index is 1210. The molecule has 0 aliphatic rings. The number of carbonyl (C=O) groups excluding carboxylic acids is 1. The molecule has 0 aliphatic heterocycles. The number of amides is 1. The van der Waals surface area contributed by atoms with Crippen molar-refractivity contribution in [2.24, 2.45) is 0 Å². The standard InChI is InChI=1S/C24H23ClN4OS/c1-4-17-5-11-20(12-6-17)26-23(30)13-21-15(2)28-29(16(21)3)24-27-22(14-31-24)18-7-9-19(25)10-8-18/h5-12,14H,4,13H2,1-3H3,(H,26,30). The third-order valence-electron chi connectivity index (χ3n) is 5.24. The first-order valence-corrected chi connectivity index (χ1v) is 11.4. The molecule has 2 heterocycles. The SMILES string of the molecule is CCc1ccc(NC(=O)Cc2c(C)nn(-c3nc(-c4ccc(Cl)cc4)cs3)c2C)cc1. The summed E-state index contributed by atoms with van der Waals surface area (Å²) in [6.45, 7) is 6.01. The van der Waals surface area contributed by atoms with Crippen LogP contribution in [0.25, 0.3) is 16.4 Å². The van der Waals surface area contributed by atoms with E-state index in [1.165, 1.54) is 16.9 Å². The molecule has 2 aromatic carbocycles. The molecule has 158 valence electrons. The van der Waals surface area contributed by atoms with Crippen molar-refractivity contribution in [1.82, 2.24) is 14.8 Å². The number of halogens is 1. The van der Waals surface area contributed by atoms with E-state index in [9.17, 15) is 4.79 Å². The summed E-state index contributed by atoms with van der Waals surface area (Å²) in [5.74, 6) is -0.0593. The predicted molar refractivity (Wildman–Crippen MR) is 127 cm³/mol. The molecule has 0 fully saturated rings. The van der Waals surface area contributed by atoms with Gasteiger partial charge in [-0.2, -0.15) is 5.10 Å². The molecule has 5 nitrogen and oxygen atoms in total. The van der Waals surface area contributed by atoms with Gasteiger partial charge >= 0.3 is 0 Å². The average molecular weight is 451 g/mol. The van der Waals surface area contributed by atoms with Crippen LogP contribution in [-0.4, -0.2) is 20.7 Å². The highest BCUT2D eigenvalue weighted by Crippen LogP contribution is 2.27. The van der Waals surface area contributed by atoms with Crippen LogP contribution < -0.4 is 5.32 Å². The molecular weight excluding hydrogens is 428 g/mol. The Morgan fingerprint density at radius 2 is 1.81 bits per heavy atom. The number of thiazole rings is 1. The smallest absolute Gasteiger partial charge is 0.228 e. The van der Waals surface area contributed by atoms with Gasteiger partial charge in [0.05, 0.1) is 17.8 Å². The first-order chi connectivity index (χ1) is 14.9. The molecule has 4 rings (SSSR count). The van der Waals surface area contributed by atoms with E-state index >= 15 is 0 Å². The highest BCUT2D eigenvalue weighted by Gasteiger charge is 2.18. The maximum absolute atomic E-state index is 12.6. The number of benzene rings is 2. The molecule has 0 radical (unpaired) electrons. The topological polar surface area (TPSA) is 59.8 Å². The third-order valence-corrected chi connectivity index (χ3v) is 6.31. The third kappa shape index (κ3) is 4.70. The quantitative estimate of drug-likeness (QED) is 0.391. The fourth-order valence-corrected chi connectivity index (χ4v) is 4.38. The van der Waals surface area contributed by atoms with Crippen molar-refractivity contribution in [2.45, 2.75) is 33.6 Å². The summed E-state index contributed by atoms with van der Waals surface area (Å²) in [6, 6.07) is 15.5. The van der Waals surface area contributed by atoms with E-state index in [-0.39, 0.29) is 12.3 Å². The predicted octanol–water partition coefficient (Wildman–Crippen LogP) is 6.01. The highest BCUT2D eigenvalue weighted by atomic mass is 35.5. The number of hydrogen-bond acceptors (Lipinski definition) is 4. The van der Waals surface area contributed by atoms with Crippen LogP contribution in [0.1, 0.15) is 29.4 Å². The van der Waals surface area contributed by atoms with Gasteiger partial charge in [-0.15, -0.1) is 11.3 Å². The summed E-state index contributed by atoms with van der Waals surface area (Å²) in [6.07, 6.45) is 1.24. The molecule has 2 aromatic heterocycles. The molecule has 1 N–H and O–H groups in total. The summed E-state index contributed by atoms with van der Waals surface area (Å²) < 4.78 is 1.82. The van der Waals surface area contributed by atoms with E-state index in [1.54, 1.807) is 0 Å². The maximum Gasteiger partial charge on any atom is 0.228 e. The summed E-state index contributed by atoms with van der Waals surface area (Å²) in [5.41, 5.74) is 6.60. The van der Waals surface area contributed by atoms with E-state index in [0.29, 0.717) is 5.02 Å². The van der Waals surface area contributed by atoms with E-state index in [4.69, 9.17) is 16.6 Å². The molecule has 0 spiro atoms. The monoisotopic (exact) mass is 450 g/mol. The van der Waals surface area contributed by atoms with Crippen molar-refractivity contribution in [3.8, 4) is 16.4 Å². The van der Waals surface area contributed by atoms with Crippen molar-refractivity contribution in [3.63, 3.8) is 0 Å². The number of nitrogens with zero attached hydrogens (tertiary/aromatic N) is 3. The first-order valence-electron chi connectivity index (χ1n) is 10.1. The van der Waals surface area contributed by atoms with E-state index < -0.39 is 0 Å². The van der Waals surface area contributed by atoms with Crippen LogP contribution in [0.5, 0.6) is 0 Å². The van der Waals surface area contributed by atoms with E-state index in [0.717, 1.165) is 45.4 Å². The van der Waals surface area contributed by atoms with Crippen molar-refractivity contribution in [3.05, 3.63) is 81.4 Å². The van der Waals surface area contributed by atoms with Gasteiger partial charge in [0.1, 0.15) is 0 Å². The summed E-state index contributed by atoms with van der Waals surface area (Å²) >= 11 is 7.50. The molecule has 0 bridgehead atoms. The molecule has 4 aromatic rings. The first kappa shape index (κ1) is 21.3. The van der Waals surface area contributed by atoms with Gasteiger partial charge in [0.15, 0.2) is 0 Å². The second-order valence-corrected chi connectivity index (χ2v) is 8.63. The van der Waals surface area contributed by atoms with Gasteiger partial charge in [-0.1, -0.05) is 42.8 Å². The van der Waals surface area contributed by atoms with Gasteiger partial charge in [0, 0.05) is 32.9 Å². The maximum atomic E-state index is 12.6. The summed E-state index contributed by atoms with van der Waals surface area (Å²) in [4.78, 5) is 17.4. The van der Waals surface area contributed by atoms with Crippen molar-refractivity contribution in [1.29, 1.82) is 0 Å². The lowest BCUT2D eigenvalue weighted by molar-refractivity contribution is -0.115. The Labute approximate surface area is 190 Å². The van der Waals surface area contributed by atoms with Crippen LogP contribution >= 0.6 is 22.9 Å². The van der Waals surface area contributed by atoms with Gasteiger partial charge in [0.2, 0.25) is 11.0 Å². The van der Waals surface area contributed by atoms with E-state index in [1.807, 2.05) is 72.4 Å². The summed E-state index contributed by atoms with van der Waals surface area (Å²) in [7, 11) is 0. The molecule has 0 unspecified atom stereocenters. The number of hydrogen-bond donors (Lipinski definition) is 1. The second kappa shape index (κ2) is 9.04. The zero-order chi connectivity index (χ0) is 22.0. The van der Waals surface area contributed by atoms with Gasteiger partial charge in [-0.25, -0.2) is 9.67 Å². The van der Waals surface area contributed by atoms with Crippen molar-refractivity contribution >= 4 is 34.5 Å². The van der Waals surface area contributed by atoms with Crippen molar-refractivity contribution in [2.75, 3.05) is 5.32 Å². The van der Waals surface area contributed by atoms with Gasteiger partial charge < -0.3 is 5.32 Å². The lowest BCUT2D eigenvalue weighted by Crippen LogP contribution is -2.15. The number of carbonyl (C=O) groups is 1. The Balaban J connectivity index is 1.52. The molecule has 1 amide bonds. The lowest BCUT2D eigenvalue weighted by Gasteiger charge is -2.07.